The summed E-state index contributed by atoms with van der Waals surface area (Å²) in [6.45, 7) is 2.29. The second-order valence-corrected chi connectivity index (χ2v) is 8.91. The third-order valence-corrected chi connectivity index (χ3v) is 6.60. The molecule has 0 atom stereocenters. The van der Waals surface area contributed by atoms with Crippen molar-refractivity contribution < 1.29 is 14.0 Å². The van der Waals surface area contributed by atoms with Crippen molar-refractivity contribution in [2.24, 2.45) is 0 Å². The molecule has 0 radical (unpaired) electrons. The molecule has 4 rings (SSSR count). The van der Waals surface area contributed by atoms with Crippen LogP contribution in [0.4, 0.5) is 10.1 Å². The Hall–Kier alpha value is -2.94. The van der Waals surface area contributed by atoms with Gasteiger partial charge in [0.1, 0.15) is 10.6 Å². The van der Waals surface area contributed by atoms with Gasteiger partial charge in [-0.05, 0) is 48.9 Å². The second-order valence-electron chi connectivity index (χ2n) is 7.04. The second kappa shape index (κ2) is 8.90. The number of benzene rings is 2. The van der Waals surface area contributed by atoms with Crippen LogP contribution in [-0.2, 0) is 6.54 Å². The highest BCUT2D eigenvalue weighted by atomic mass is 35.5. The van der Waals surface area contributed by atoms with Crippen molar-refractivity contribution in [2.75, 3.05) is 12.4 Å². The fourth-order valence-corrected chi connectivity index (χ4v) is 4.77. The van der Waals surface area contributed by atoms with E-state index in [0.29, 0.717) is 27.2 Å². The summed E-state index contributed by atoms with van der Waals surface area (Å²) in [6.07, 6.45) is 0. The normalized spacial score (nSPS) is 11.0. The Balaban J connectivity index is 1.61. The summed E-state index contributed by atoms with van der Waals surface area (Å²) < 4.78 is 15.7. The van der Waals surface area contributed by atoms with E-state index in [-0.39, 0.29) is 11.5 Å². The third-order valence-electron chi connectivity index (χ3n) is 4.86. The number of aryl methyl sites for hydroxylation is 1. The Bertz CT molecular complexity index is 1370. The molecule has 0 aliphatic carbocycles. The first-order chi connectivity index (χ1) is 15.3. The van der Waals surface area contributed by atoms with E-state index in [9.17, 15) is 14.0 Å². The minimum Gasteiger partial charge on any atom is -0.355 e. The number of aromatic nitrogens is 2. The largest absolute Gasteiger partial charge is 0.355 e. The van der Waals surface area contributed by atoms with Gasteiger partial charge in [0.15, 0.2) is 0 Å². The van der Waals surface area contributed by atoms with E-state index in [4.69, 9.17) is 23.2 Å². The fourth-order valence-electron chi connectivity index (χ4n) is 3.25. The average molecular weight is 491 g/mol. The van der Waals surface area contributed by atoms with Crippen LogP contribution in [0.25, 0.3) is 10.2 Å². The van der Waals surface area contributed by atoms with Crippen molar-refractivity contribution in [2.45, 2.75) is 13.5 Å². The van der Waals surface area contributed by atoms with E-state index in [1.807, 2.05) is 13.0 Å². The van der Waals surface area contributed by atoms with E-state index in [2.05, 4.69) is 15.7 Å². The zero-order valence-corrected chi connectivity index (χ0v) is 19.3. The van der Waals surface area contributed by atoms with Gasteiger partial charge in [-0.3, -0.25) is 14.3 Å². The fraction of sp³-hybridized carbons (Fsp3) is 0.136. The van der Waals surface area contributed by atoms with E-state index in [1.165, 1.54) is 30.5 Å². The number of nitrogens with one attached hydrogen (secondary N) is 2. The minimum absolute atomic E-state index is 0.145. The number of thiophene rings is 1. The molecular formula is C22H17Cl2FN4O2S. The molecule has 4 aromatic rings. The lowest BCUT2D eigenvalue weighted by atomic mass is 10.1. The van der Waals surface area contributed by atoms with Crippen molar-refractivity contribution in [3.8, 4) is 0 Å². The van der Waals surface area contributed by atoms with E-state index in [0.717, 1.165) is 27.5 Å². The molecule has 2 heterocycles. The van der Waals surface area contributed by atoms with E-state index >= 15 is 0 Å². The maximum atomic E-state index is 13.9. The Morgan fingerprint density at radius 3 is 2.62 bits per heavy atom. The zero-order valence-electron chi connectivity index (χ0n) is 17.0. The molecule has 164 valence electrons. The Kier molecular flexibility index (Phi) is 6.19. The summed E-state index contributed by atoms with van der Waals surface area (Å²) >= 11 is 13.6. The Morgan fingerprint density at radius 2 is 1.91 bits per heavy atom. The summed E-state index contributed by atoms with van der Waals surface area (Å²) in [5, 5.41) is 11.6. The Morgan fingerprint density at radius 1 is 1.12 bits per heavy atom. The first-order valence-corrected chi connectivity index (χ1v) is 11.1. The van der Waals surface area contributed by atoms with Gasteiger partial charge in [0.05, 0.1) is 22.7 Å². The van der Waals surface area contributed by atoms with Crippen LogP contribution in [0.5, 0.6) is 0 Å². The van der Waals surface area contributed by atoms with Crippen LogP contribution in [0.15, 0.2) is 42.5 Å². The van der Waals surface area contributed by atoms with Crippen LogP contribution in [0.3, 0.4) is 0 Å². The standard InChI is InChI=1S/C22H17Cl2FN4O2S/c1-11-15-9-19(21(31)27-14-5-6-18(25)16(8-14)20(30)26-2)32-22(15)29(28-11)10-12-3-4-13(23)7-17(12)24/h3-9H,10H2,1-2H3,(H,26,30)(H,27,31). The van der Waals surface area contributed by atoms with Gasteiger partial charge >= 0.3 is 0 Å². The first kappa shape index (κ1) is 22.3. The number of anilines is 1. The van der Waals surface area contributed by atoms with Gasteiger partial charge in [-0.25, -0.2) is 4.39 Å². The van der Waals surface area contributed by atoms with Crippen molar-refractivity contribution in [1.29, 1.82) is 0 Å². The maximum absolute atomic E-state index is 13.9. The zero-order chi connectivity index (χ0) is 23.0. The molecule has 2 N–H and O–H groups in total. The molecular weight excluding hydrogens is 474 g/mol. The summed E-state index contributed by atoms with van der Waals surface area (Å²) in [5.41, 5.74) is 1.81. The van der Waals surface area contributed by atoms with Crippen LogP contribution in [0.1, 0.15) is 31.3 Å². The molecule has 0 aliphatic heterocycles. The molecule has 10 heteroatoms. The quantitative estimate of drug-likeness (QED) is 0.387. The van der Waals surface area contributed by atoms with Crippen LogP contribution in [0.2, 0.25) is 10.0 Å². The number of carbonyl (C=O) groups is 2. The lowest BCUT2D eigenvalue weighted by molar-refractivity contribution is 0.0957. The number of amides is 2. The highest BCUT2D eigenvalue weighted by Gasteiger charge is 2.18. The van der Waals surface area contributed by atoms with Gasteiger partial charge in [-0.15, -0.1) is 11.3 Å². The summed E-state index contributed by atoms with van der Waals surface area (Å²) in [6, 6.07) is 10.9. The van der Waals surface area contributed by atoms with E-state index < -0.39 is 11.7 Å². The molecule has 2 aromatic heterocycles. The van der Waals surface area contributed by atoms with Gasteiger partial charge in [-0.2, -0.15) is 5.10 Å². The molecule has 0 unspecified atom stereocenters. The lowest BCUT2D eigenvalue weighted by Crippen LogP contribution is -2.20. The van der Waals surface area contributed by atoms with Crippen molar-refractivity contribution >= 4 is 62.3 Å². The van der Waals surface area contributed by atoms with Crippen molar-refractivity contribution in [3.05, 3.63) is 80.0 Å². The smallest absolute Gasteiger partial charge is 0.265 e. The van der Waals surface area contributed by atoms with Gasteiger partial charge in [-0.1, -0.05) is 29.3 Å². The first-order valence-electron chi connectivity index (χ1n) is 9.50. The average Bonchev–Trinajstić information content (AvgIpc) is 3.32. The van der Waals surface area contributed by atoms with Crippen LogP contribution in [-0.4, -0.2) is 28.6 Å². The van der Waals surface area contributed by atoms with Gasteiger partial charge in [0.25, 0.3) is 11.8 Å². The monoisotopic (exact) mass is 490 g/mol. The molecule has 0 bridgehead atoms. The van der Waals surface area contributed by atoms with E-state index in [1.54, 1.807) is 22.9 Å². The highest BCUT2D eigenvalue weighted by molar-refractivity contribution is 7.20. The molecule has 32 heavy (non-hydrogen) atoms. The van der Waals surface area contributed by atoms with Gasteiger partial charge in [0.2, 0.25) is 0 Å². The van der Waals surface area contributed by atoms with Crippen LogP contribution >= 0.6 is 34.5 Å². The number of hydrogen-bond donors (Lipinski definition) is 2. The number of hydrogen-bond acceptors (Lipinski definition) is 4. The van der Waals surface area contributed by atoms with Crippen LogP contribution < -0.4 is 10.6 Å². The number of halogens is 3. The van der Waals surface area contributed by atoms with Gasteiger partial charge < -0.3 is 10.6 Å². The van der Waals surface area contributed by atoms with Crippen molar-refractivity contribution in [3.63, 3.8) is 0 Å². The minimum atomic E-state index is -0.666. The Labute approximate surface area is 196 Å². The molecule has 0 saturated carbocycles. The molecule has 0 fully saturated rings. The van der Waals surface area contributed by atoms with Gasteiger partial charge in [0, 0.05) is 28.2 Å². The molecule has 0 aliphatic rings. The lowest BCUT2D eigenvalue weighted by Gasteiger charge is -2.07. The van der Waals surface area contributed by atoms with Crippen LogP contribution in [0, 0.1) is 12.7 Å². The SMILES string of the molecule is CNC(=O)c1cc(NC(=O)c2cc3c(C)nn(Cc4ccc(Cl)cc4Cl)c3s2)ccc1F. The number of carbonyl (C=O) groups excluding carboxylic acids is 2. The number of fused-ring (bicyclic) bond motifs is 1. The number of rotatable bonds is 5. The topological polar surface area (TPSA) is 76.0 Å². The predicted molar refractivity (Wildman–Crippen MR) is 126 cm³/mol. The highest BCUT2D eigenvalue weighted by Crippen LogP contribution is 2.31. The molecule has 6 nitrogen and oxygen atoms in total. The summed E-state index contributed by atoms with van der Waals surface area (Å²) in [7, 11) is 1.41. The molecule has 2 aromatic carbocycles. The molecule has 2 amide bonds. The molecule has 0 spiro atoms. The molecule has 0 saturated heterocycles. The van der Waals surface area contributed by atoms with Crippen molar-refractivity contribution in [1.82, 2.24) is 15.1 Å². The predicted octanol–water partition coefficient (Wildman–Crippen LogP) is 5.51. The summed E-state index contributed by atoms with van der Waals surface area (Å²) in [4.78, 5) is 25.9. The number of nitrogens with zero attached hydrogens (tertiary/aromatic N) is 2. The summed E-state index contributed by atoms with van der Waals surface area (Å²) in [5.74, 6) is -1.60. The third kappa shape index (κ3) is 4.34. The maximum Gasteiger partial charge on any atom is 0.265 e.